The van der Waals surface area contributed by atoms with Gasteiger partial charge in [0.2, 0.25) is 0 Å². The third-order valence-corrected chi connectivity index (χ3v) is 2.62. The second-order valence-electron chi connectivity index (χ2n) is 4.92. The minimum atomic E-state index is 0.318. The molecule has 92 valence electrons. The zero-order chi connectivity index (χ0) is 11.8. The molecular weight excluding hydrogens is 188 g/mol. The van der Waals surface area contributed by atoms with Crippen molar-refractivity contribution in [3.8, 4) is 0 Å². The van der Waals surface area contributed by atoms with Gasteiger partial charge in [0, 0.05) is 12.6 Å². The summed E-state index contributed by atoms with van der Waals surface area (Å²) in [6.07, 6.45) is 1.40. The van der Waals surface area contributed by atoms with Gasteiger partial charge < -0.3 is 15.4 Å². The van der Waals surface area contributed by atoms with E-state index in [2.05, 4.69) is 39.6 Å². The largest absolute Gasteiger partial charge is 0.377 e. The zero-order valence-corrected chi connectivity index (χ0v) is 11.0. The normalized spacial score (nSPS) is 14.2. The Kier molecular flexibility index (Phi) is 8.02. The van der Waals surface area contributed by atoms with Gasteiger partial charge in [-0.2, -0.15) is 0 Å². The molecule has 0 bridgehead atoms. The summed E-state index contributed by atoms with van der Waals surface area (Å²) in [4.78, 5) is 2.28. The predicted molar refractivity (Wildman–Crippen MR) is 66.0 cm³/mol. The number of ether oxygens (including phenoxy) is 1. The lowest BCUT2D eigenvalue weighted by Crippen LogP contribution is -2.33. The molecule has 0 saturated carbocycles. The third kappa shape index (κ3) is 8.85. The number of nitrogens with zero attached hydrogens (tertiary/aromatic N) is 1. The van der Waals surface area contributed by atoms with Gasteiger partial charge in [0.25, 0.3) is 0 Å². The van der Waals surface area contributed by atoms with Crippen molar-refractivity contribution in [2.45, 2.75) is 46.3 Å². The summed E-state index contributed by atoms with van der Waals surface area (Å²) in [5, 5.41) is 0. The van der Waals surface area contributed by atoms with Crippen LogP contribution in [-0.4, -0.2) is 43.8 Å². The first kappa shape index (κ1) is 14.9. The number of nitrogens with two attached hydrogens (primary N) is 1. The first-order chi connectivity index (χ1) is 6.93. The molecule has 3 nitrogen and oxygen atoms in total. The highest BCUT2D eigenvalue weighted by Gasteiger charge is 2.08. The van der Waals surface area contributed by atoms with Gasteiger partial charge in [0.15, 0.2) is 0 Å². The molecule has 15 heavy (non-hydrogen) atoms. The van der Waals surface area contributed by atoms with Gasteiger partial charge in [-0.15, -0.1) is 0 Å². The van der Waals surface area contributed by atoms with E-state index in [1.165, 1.54) is 0 Å². The van der Waals surface area contributed by atoms with Crippen LogP contribution in [0.5, 0.6) is 0 Å². The Hall–Kier alpha value is -0.120. The highest BCUT2D eigenvalue weighted by Crippen LogP contribution is 2.03. The van der Waals surface area contributed by atoms with Gasteiger partial charge in [-0.25, -0.2) is 0 Å². The molecule has 0 aromatic rings. The maximum Gasteiger partial charge on any atom is 0.0596 e. The topological polar surface area (TPSA) is 38.5 Å². The summed E-state index contributed by atoms with van der Waals surface area (Å²) in [6, 6.07) is 0.318. The lowest BCUT2D eigenvalue weighted by Gasteiger charge is -2.21. The van der Waals surface area contributed by atoms with E-state index in [4.69, 9.17) is 10.5 Å². The first-order valence-corrected chi connectivity index (χ1v) is 5.99. The van der Waals surface area contributed by atoms with Crippen LogP contribution < -0.4 is 5.73 Å². The van der Waals surface area contributed by atoms with E-state index in [0.29, 0.717) is 18.1 Å². The van der Waals surface area contributed by atoms with Crippen molar-refractivity contribution in [3.63, 3.8) is 0 Å². The maximum absolute atomic E-state index is 5.98. The van der Waals surface area contributed by atoms with E-state index >= 15 is 0 Å². The molecule has 0 saturated heterocycles. The molecule has 0 heterocycles. The fourth-order valence-corrected chi connectivity index (χ4v) is 1.26. The van der Waals surface area contributed by atoms with Crippen LogP contribution in [0.15, 0.2) is 0 Å². The van der Waals surface area contributed by atoms with Gasteiger partial charge in [-0.1, -0.05) is 13.8 Å². The lowest BCUT2D eigenvalue weighted by molar-refractivity contribution is 0.0632. The fourth-order valence-electron chi connectivity index (χ4n) is 1.26. The maximum atomic E-state index is 5.98. The van der Waals surface area contributed by atoms with Crippen molar-refractivity contribution in [1.29, 1.82) is 0 Å². The van der Waals surface area contributed by atoms with E-state index in [1.54, 1.807) is 0 Å². The second-order valence-corrected chi connectivity index (χ2v) is 4.92. The van der Waals surface area contributed by atoms with Crippen LogP contribution in [0.25, 0.3) is 0 Å². The molecule has 0 aliphatic heterocycles. The molecule has 2 N–H and O–H groups in total. The van der Waals surface area contributed by atoms with Crippen molar-refractivity contribution in [2.24, 2.45) is 11.7 Å². The number of hydrogen-bond donors (Lipinski definition) is 1. The fraction of sp³-hybridized carbons (Fsp3) is 1.00. The monoisotopic (exact) mass is 216 g/mol. The Morgan fingerprint density at radius 1 is 1.13 bits per heavy atom. The first-order valence-electron chi connectivity index (χ1n) is 5.99. The molecule has 0 aliphatic carbocycles. The van der Waals surface area contributed by atoms with Crippen LogP contribution in [0.1, 0.15) is 34.1 Å². The van der Waals surface area contributed by atoms with Crippen molar-refractivity contribution < 1.29 is 4.74 Å². The highest BCUT2D eigenvalue weighted by molar-refractivity contribution is 4.67. The Morgan fingerprint density at radius 2 is 1.73 bits per heavy atom. The minimum absolute atomic E-state index is 0.318. The van der Waals surface area contributed by atoms with Crippen LogP contribution >= 0.6 is 0 Å². The number of hydrogen-bond acceptors (Lipinski definition) is 3. The zero-order valence-electron chi connectivity index (χ0n) is 11.0. The molecule has 0 rings (SSSR count). The summed E-state index contributed by atoms with van der Waals surface area (Å²) in [6.45, 7) is 11.3. The SMILES string of the molecule is CC(C)OCCN(C)CCC(N)C(C)C. The van der Waals surface area contributed by atoms with E-state index in [1.807, 2.05) is 0 Å². The Morgan fingerprint density at radius 3 is 2.20 bits per heavy atom. The van der Waals surface area contributed by atoms with Crippen molar-refractivity contribution in [1.82, 2.24) is 4.90 Å². The molecule has 1 atom stereocenters. The van der Waals surface area contributed by atoms with Crippen LogP contribution in [0.3, 0.4) is 0 Å². The number of likely N-dealkylation sites (N-methyl/N-ethyl adjacent to an activating group) is 1. The van der Waals surface area contributed by atoms with Crippen molar-refractivity contribution in [3.05, 3.63) is 0 Å². The van der Waals surface area contributed by atoms with Gasteiger partial charge >= 0.3 is 0 Å². The van der Waals surface area contributed by atoms with Gasteiger partial charge in [0.1, 0.15) is 0 Å². The Labute approximate surface area is 95.0 Å². The summed E-state index contributed by atoms with van der Waals surface area (Å²) < 4.78 is 5.49. The van der Waals surface area contributed by atoms with E-state index in [9.17, 15) is 0 Å². The van der Waals surface area contributed by atoms with E-state index in [-0.39, 0.29) is 0 Å². The average Bonchev–Trinajstić information content (AvgIpc) is 2.13. The molecule has 0 fully saturated rings. The minimum Gasteiger partial charge on any atom is -0.377 e. The Balaban J connectivity index is 3.44. The van der Waals surface area contributed by atoms with Crippen LogP contribution in [-0.2, 0) is 4.74 Å². The lowest BCUT2D eigenvalue weighted by atomic mass is 10.0. The number of rotatable bonds is 8. The second kappa shape index (κ2) is 8.08. The van der Waals surface area contributed by atoms with Gasteiger partial charge in [-0.3, -0.25) is 0 Å². The van der Waals surface area contributed by atoms with Crippen LogP contribution in [0, 0.1) is 5.92 Å². The van der Waals surface area contributed by atoms with E-state index < -0.39 is 0 Å². The molecule has 0 aromatic heterocycles. The van der Waals surface area contributed by atoms with E-state index in [0.717, 1.165) is 26.1 Å². The molecule has 0 aromatic carbocycles. The molecule has 1 unspecified atom stereocenters. The summed E-state index contributed by atoms with van der Waals surface area (Å²) in [5.41, 5.74) is 5.98. The summed E-state index contributed by atoms with van der Waals surface area (Å²) in [5.74, 6) is 0.574. The molecule has 0 amide bonds. The highest BCUT2D eigenvalue weighted by atomic mass is 16.5. The quantitative estimate of drug-likeness (QED) is 0.671. The van der Waals surface area contributed by atoms with Crippen LogP contribution in [0.4, 0.5) is 0 Å². The Bertz CT molecular complexity index is 149. The molecule has 3 heteroatoms. The molecule has 0 spiro atoms. The molecular formula is C12H28N2O. The summed E-state index contributed by atoms with van der Waals surface area (Å²) in [7, 11) is 2.12. The van der Waals surface area contributed by atoms with Gasteiger partial charge in [-0.05, 0) is 39.8 Å². The standard InChI is InChI=1S/C12H28N2O/c1-10(2)12(13)6-7-14(5)8-9-15-11(3)4/h10-12H,6-9,13H2,1-5H3. The average molecular weight is 216 g/mol. The van der Waals surface area contributed by atoms with Crippen molar-refractivity contribution >= 4 is 0 Å². The molecule has 0 radical (unpaired) electrons. The summed E-state index contributed by atoms with van der Waals surface area (Å²) >= 11 is 0. The third-order valence-electron chi connectivity index (χ3n) is 2.62. The molecule has 0 aliphatic rings. The van der Waals surface area contributed by atoms with Crippen LogP contribution in [0.2, 0.25) is 0 Å². The predicted octanol–water partition coefficient (Wildman–Crippen LogP) is 1.72. The van der Waals surface area contributed by atoms with Crippen molar-refractivity contribution in [2.75, 3.05) is 26.7 Å². The smallest absolute Gasteiger partial charge is 0.0596 e. The van der Waals surface area contributed by atoms with Gasteiger partial charge in [0.05, 0.1) is 12.7 Å².